The Labute approximate surface area is 135 Å². The SMILES string of the molecule is CCCCCCOc1ccc(C(=O)NN)c(O)c1.O=S(=O)([O-])[O-]. The van der Waals surface area contributed by atoms with E-state index >= 15 is 0 Å². The van der Waals surface area contributed by atoms with E-state index in [1.807, 2.05) is 5.43 Å². The molecular weight excluding hydrogens is 328 g/mol. The number of unbranched alkanes of at least 4 members (excludes halogenated alkanes) is 3. The molecule has 23 heavy (non-hydrogen) atoms. The zero-order valence-electron chi connectivity index (χ0n) is 12.6. The van der Waals surface area contributed by atoms with E-state index in [1.165, 1.54) is 25.0 Å². The van der Waals surface area contributed by atoms with E-state index in [4.69, 9.17) is 28.1 Å². The summed E-state index contributed by atoms with van der Waals surface area (Å²) < 4.78 is 39.6. The second kappa shape index (κ2) is 10.8. The van der Waals surface area contributed by atoms with Crippen molar-refractivity contribution in [2.75, 3.05) is 6.61 Å². The van der Waals surface area contributed by atoms with Crippen LogP contribution in [-0.2, 0) is 10.4 Å². The zero-order valence-corrected chi connectivity index (χ0v) is 13.5. The first-order valence-electron chi connectivity index (χ1n) is 6.82. The molecule has 0 radical (unpaired) electrons. The Morgan fingerprint density at radius 2 is 1.91 bits per heavy atom. The van der Waals surface area contributed by atoms with E-state index in [0.29, 0.717) is 12.4 Å². The fourth-order valence-corrected chi connectivity index (χ4v) is 1.59. The van der Waals surface area contributed by atoms with Crippen molar-refractivity contribution in [3.63, 3.8) is 0 Å². The van der Waals surface area contributed by atoms with Gasteiger partial charge in [0.05, 0.1) is 12.2 Å². The van der Waals surface area contributed by atoms with Crippen LogP contribution in [0.4, 0.5) is 0 Å². The Kier molecular flexibility index (Phi) is 9.90. The number of carbonyl (C=O) groups excluding carboxylic acids is 1. The zero-order chi connectivity index (χ0) is 17.9. The summed E-state index contributed by atoms with van der Waals surface area (Å²) >= 11 is 0. The summed E-state index contributed by atoms with van der Waals surface area (Å²) in [5.41, 5.74) is 2.10. The molecule has 0 aliphatic carbocycles. The fourth-order valence-electron chi connectivity index (χ4n) is 1.59. The Balaban J connectivity index is 0.000000841. The number of aromatic hydroxyl groups is 1. The summed E-state index contributed by atoms with van der Waals surface area (Å²) in [6.07, 6.45) is 4.50. The number of nitrogens with one attached hydrogen (secondary N) is 1. The van der Waals surface area contributed by atoms with Crippen molar-refractivity contribution in [2.45, 2.75) is 32.6 Å². The van der Waals surface area contributed by atoms with Gasteiger partial charge in [-0.2, -0.15) is 0 Å². The maximum absolute atomic E-state index is 11.2. The molecule has 10 heteroatoms. The highest BCUT2D eigenvalue weighted by Gasteiger charge is 2.10. The van der Waals surface area contributed by atoms with Gasteiger partial charge in [-0.25, -0.2) is 5.84 Å². The van der Waals surface area contributed by atoms with Crippen molar-refractivity contribution < 1.29 is 32.2 Å². The molecule has 0 saturated heterocycles. The average Bonchev–Trinajstić information content (AvgIpc) is 2.44. The van der Waals surface area contributed by atoms with Crippen LogP contribution in [0.2, 0.25) is 0 Å². The van der Waals surface area contributed by atoms with Gasteiger partial charge >= 0.3 is 0 Å². The smallest absolute Gasteiger partial charge is 0.268 e. The lowest BCUT2D eigenvalue weighted by Crippen LogP contribution is -2.29. The third-order valence-electron chi connectivity index (χ3n) is 2.61. The topological polar surface area (TPSA) is 165 Å². The fraction of sp³-hybridized carbons (Fsp3) is 0.462. The maximum atomic E-state index is 11.2. The molecule has 132 valence electrons. The lowest BCUT2D eigenvalue weighted by atomic mass is 10.2. The van der Waals surface area contributed by atoms with Gasteiger partial charge in [-0.05, 0) is 18.6 Å². The summed E-state index contributed by atoms with van der Waals surface area (Å²) in [6.45, 7) is 2.77. The second-order valence-electron chi connectivity index (χ2n) is 4.47. The van der Waals surface area contributed by atoms with Gasteiger partial charge in [-0.3, -0.25) is 18.6 Å². The van der Waals surface area contributed by atoms with Gasteiger partial charge in [0.25, 0.3) is 5.91 Å². The standard InChI is InChI=1S/C13H20N2O3.H2O4S/c1-2-3-4-5-8-18-10-6-7-11(12(16)9-10)13(17)15-14;1-5(2,3)4/h6-7,9,16H,2-5,8,14H2,1H3,(H,15,17);(H2,1,2,3,4)/p-2. The van der Waals surface area contributed by atoms with Gasteiger partial charge in [0.15, 0.2) is 0 Å². The molecule has 0 atom stereocenters. The Bertz CT molecular complexity index is 582. The van der Waals surface area contributed by atoms with Gasteiger partial charge in [-0.15, -0.1) is 0 Å². The number of benzene rings is 1. The second-order valence-corrected chi connectivity index (χ2v) is 5.29. The molecule has 0 heterocycles. The van der Waals surface area contributed by atoms with Gasteiger partial charge in [0, 0.05) is 16.5 Å². The molecule has 1 rings (SSSR count). The summed E-state index contributed by atoms with van der Waals surface area (Å²) in [4.78, 5) is 11.2. The van der Waals surface area contributed by atoms with Crippen molar-refractivity contribution in [1.82, 2.24) is 5.43 Å². The van der Waals surface area contributed by atoms with Crippen molar-refractivity contribution in [3.05, 3.63) is 23.8 Å². The summed E-state index contributed by atoms with van der Waals surface area (Å²) in [5.74, 6) is 4.89. The number of rotatable bonds is 7. The van der Waals surface area contributed by atoms with Gasteiger partial charge in [0.1, 0.15) is 11.5 Å². The molecule has 1 aromatic rings. The Morgan fingerprint density at radius 1 is 1.30 bits per heavy atom. The number of amides is 1. The van der Waals surface area contributed by atoms with Crippen LogP contribution in [0.25, 0.3) is 0 Å². The van der Waals surface area contributed by atoms with Gasteiger partial charge in [-0.1, -0.05) is 26.2 Å². The van der Waals surface area contributed by atoms with E-state index in [9.17, 15) is 9.90 Å². The molecule has 4 N–H and O–H groups in total. The predicted molar refractivity (Wildman–Crippen MR) is 79.9 cm³/mol. The van der Waals surface area contributed by atoms with Crippen LogP contribution in [0.15, 0.2) is 18.2 Å². The largest absolute Gasteiger partial charge is 0.759 e. The number of hydrazine groups is 1. The van der Waals surface area contributed by atoms with Crippen molar-refractivity contribution in [3.8, 4) is 11.5 Å². The number of hydrogen-bond donors (Lipinski definition) is 3. The number of hydrogen-bond acceptors (Lipinski definition) is 8. The number of nitrogens with two attached hydrogens (primary N) is 1. The lowest BCUT2D eigenvalue weighted by Gasteiger charge is -2.08. The number of ether oxygens (including phenoxy) is 1. The van der Waals surface area contributed by atoms with E-state index in [-0.39, 0.29) is 11.3 Å². The minimum Gasteiger partial charge on any atom is -0.759 e. The van der Waals surface area contributed by atoms with E-state index in [2.05, 4.69) is 6.92 Å². The number of phenols is 1. The first kappa shape index (κ1) is 21.1. The first-order valence-corrected chi connectivity index (χ1v) is 8.15. The Morgan fingerprint density at radius 3 is 2.39 bits per heavy atom. The predicted octanol–water partition coefficient (Wildman–Crippen LogP) is 0.617. The normalized spacial score (nSPS) is 10.4. The van der Waals surface area contributed by atoms with Crippen LogP contribution in [0.5, 0.6) is 11.5 Å². The molecule has 0 unspecified atom stereocenters. The van der Waals surface area contributed by atoms with Crippen molar-refractivity contribution in [1.29, 1.82) is 0 Å². The third kappa shape index (κ3) is 11.4. The molecule has 0 bridgehead atoms. The number of carbonyl (C=O) groups is 1. The summed E-state index contributed by atoms with van der Waals surface area (Å²) in [7, 11) is -5.17. The molecule has 0 spiro atoms. The molecule has 1 amide bonds. The van der Waals surface area contributed by atoms with Crippen LogP contribution in [-0.4, -0.2) is 35.1 Å². The highest BCUT2D eigenvalue weighted by molar-refractivity contribution is 7.79. The molecule has 0 aliphatic heterocycles. The minimum absolute atomic E-state index is 0.135. The van der Waals surface area contributed by atoms with E-state index < -0.39 is 16.3 Å². The lowest BCUT2D eigenvalue weighted by molar-refractivity contribution is 0.0951. The van der Waals surface area contributed by atoms with Crippen molar-refractivity contribution >= 4 is 16.3 Å². The number of nitrogen functional groups attached to an aromatic ring is 1. The van der Waals surface area contributed by atoms with Crippen LogP contribution in [0.3, 0.4) is 0 Å². The van der Waals surface area contributed by atoms with Crippen LogP contribution < -0.4 is 16.0 Å². The van der Waals surface area contributed by atoms with Crippen LogP contribution in [0, 0.1) is 0 Å². The molecule has 9 nitrogen and oxygen atoms in total. The number of phenolic OH excluding ortho intramolecular Hbond substituents is 1. The summed E-state index contributed by atoms with van der Waals surface area (Å²) in [6, 6.07) is 4.55. The van der Waals surface area contributed by atoms with Gasteiger partial charge < -0.3 is 18.9 Å². The minimum atomic E-state index is -5.17. The molecule has 0 fully saturated rings. The quantitative estimate of drug-likeness (QED) is 0.161. The molecular formula is C13H20N2O7S-2. The highest BCUT2D eigenvalue weighted by Crippen LogP contribution is 2.23. The maximum Gasteiger partial charge on any atom is 0.268 e. The molecule has 0 saturated carbocycles. The van der Waals surface area contributed by atoms with Crippen LogP contribution in [0.1, 0.15) is 43.0 Å². The third-order valence-corrected chi connectivity index (χ3v) is 2.61. The average molecular weight is 348 g/mol. The van der Waals surface area contributed by atoms with Gasteiger partial charge in [0.2, 0.25) is 0 Å². The molecule has 0 aromatic heterocycles. The van der Waals surface area contributed by atoms with Crippen LogP contribution >= 0.6 is 0 Å². The monoisotopic (exact) mass is 348 g/mol. The molecule has 0 aliphatic rings. The van der Waals surface area contributed by atoms with E-state index in [0.717, 1.165) is 12.8 Å². The Hall–Kier alpha value is -1.88. The molecule has 1 aromatic carbocycles. The summed E-state index contributed by atoms with van der Waals surface area (Å²) in [5, 5.41) is 9.64. The van der Waals surface area contributed by atoms with E-state index in [1.54, 1.807) is 6.07 Å². The first-order chi connectivity index (χ1) is 10.7. The van der Waals surface area contributed by atoms with Crippen molar-refractivity contribution in [2.24, 2.45) is 5.84 Å². The highest BCUT2D eigenvalue weighted by atomic mass is 32.3.